The van der Waals surface area contributed by atoms with Gasteiger partial charge in [-0.3, -0.25) is 0 Å². The molecule has 3 nitrogen and oxygen atoms in total. The van der Waals surface area contributed by atoms with Gasteiger partial charge in [-0.2, -0.15) is 0 Å². The van der Waals surface area contributed by atoms with Crippen molar-refractivity contribution in [2.45, 2.75) is 26.2 Å². The topological polar surface area (TPSA) is 27.7 Å². The highest BCUT2D eigenvalue weighted by atomic mass is 28.5. The zero-order valence-electron chi connectivity index (χ0n) is 8.51. The fraction of sp³-hybridized carbons (Fsp3) is 0.667. The molecular formula is C6H15O3Si4. The lowest BCUT2D eigenvalue weighted by Crippen LogP contribution is -2.47. The van der Waals surface area contributed by atoms with Crippen molar-refractivity contribution in [1.29, 1.82) is 0 Å². The van der Waals surface area contributed by atoms with Gasteiger partial charge in [-0.25, -0.2) is 0 Å². The summed E-state index contributed by atoms with van der Waals surface area (Å²) in [4.78, 5) is 0. The summed E-state index contributed by atoms with van der Waals surface area (Å²) in [5.41, 5.74) is 1.78. The van der Waals surface area contributed by atoms with Crippen LogP contribution in [0.1, 0.15) is 0 Å². The molecule has 5 radical (unpaired) electrons. The van der Waals surface area contributed by atoms with Crippen LogP contribution in [0.3, 0.4) is 0 Å². The van der Waals surface area contributed by atoms with Gasteiger partial charge in [0.1, 0.15) is 0 Å². The third kappa shape index (κ3) is 6.54. The van der Waals surface area contributed by atoms with Gasteiger partial charge in [0.25, 0.3) is 0 Å². The van der Waals surface area contributed by atoms with Crippen molar-refractivity contribution in [2.24, 2.45) is 0 Å². The Morgan fingerprint density at radius 3 is 2.15 bits per heavy atom. The maximum Gasteiger partial charge on any atom is 0.411 e. The van der Waals surface area contributed by atoms with Crippen molar-refractivity contribution in [2.75, 3.05) is 0 Å². The molecule has 7 heteroatoms. The molecule has 0 spiro atoms. The molecular weight excluding hydrogens is 232 g/mol. The van der Waals surface area contributed by atoms with E-state index in [-0.39, 0.29) is 10.0 Å². The zero-order valence-corrected chi connectivity index (χ0v) is 12.5. The van der Waals surface area contributed by atoms with Crippen LogP contribution < -0.4 is 0 Å². The van der Waals surface area contributed by atoms with E-state index in [9.17, 15) is 0 Å². The average Bonchev–Trinajstić information content (AvgIpc) is 1.98. The van der Waals surface area contributed by atoms with Crippen LogP contribution in [0, 0.1) is 0 Å². The second kappa shape index (κ2) is 5.39. The van der Waals surface area contributed by atoms with E-state index in [0.717, 1.165) is 0 Å². The lowest BCUT2D eigenvalue weighted by Gasteiger charge is -2.30. The predicted molar refractivity (Wildman–Crippen MR) is 59.9 cm³/mol. The minimum Gasteiger partial charge on any atom is -0.435 e. The zero-order chi connectivity index (χ0) is 10.5. The minimum atomic E-state index is -2.20. The van der Waals surface area contributed by atoms with E-state index in [0.29, 0.717) is 0 Å². The Morgan fingerprint density at radius 2 is 1.85 bits per heavy atom. The molecule has 0 rings (SSSR count). The fourth-order valence-electron chi connectivity index (χ4n) is 0.816. The largest absolute Gasteiger partial charge is 0.435 e. The molecule has 73 valence electrons. The lowest BCUT2D eigenvalue weighted by molar-refractivity contribution is 0.383. The van der Waals surface area contributed by atoms with Gasteiger partial charge >= 0.3 is 18.6 Å². The summed E-state index contributed by atoms with van der Waals surface area (Å²) in [6, 6.07) is 0. The van der Waals surface area contributed by atoms with Crippen LogP contribution in [-0.2, 0) is 12.3 Å². The summed E-state index contributed by atoms with van der Waals surface area (Å²) < 4.78 is 16.1. The van der Waals surface area contributed by atoms with E-state index >= 15 is 0 Å². The van der Waals surface area contributed by atoms with E-state index in [1.807, 2.05) is 6.55 Å². The predicted octanol–water partition coefficient (Wildman–Crippen LogP) is 1.29. The molecule has 0 bridgehead atoms. The van der Waals surface area contributed by atoms with E-state index in [4.69, 9.17) is 8.23 Å². The molecule has 0 aromatic heterocycles. The molecule has 0 aromatic rings. The van der Waals surface area contributed by atoms with Crippen molar-refractivity contribution >= 4 is 37.4 Å². The second-order valence-electron chi connectivity index (χ2n) is 3.72. The Morgan fingerprint density at radius 1 is 1.31 bits per heavy atom. The molecule has 1 atom stereocenters. The molecule has 0 aliphatic carbocycles. The van der Waals surface area contributed by atoms with Crippen LogP contribution in [0.15, 0.2) is 12.3 Å². The van der Waals surface area contributed by atoms with Gasteiger partial charge < -0.3 is 12.3 Å². The van der Waals surface area contributed by atoms with Crippen molar-refractivity contribution in [3.05, 3.63) is 12.3 Å². The molecule has 13 heavy (non-hydrogen) atoms. The molecule has 0 fully saturated rings. The third-order valence-corrected chi connectivity index (χ3v) is 8.27. The Hall–Kier alpha value is 0.488. The van der Waals surface area contributed by atoms with Gasteiger partial charge in [0.15, 0.2) is 8.32 Å². The Kier molecular flexibility index (Phi) is 5.59. The Bertz CT molecular complexity index is 170. The van der Waals surface area contributed by atoms with E-state index in [1.165, 1.54) is 0 Å². The van der Waals surface area contributed by atoms with Crippen LogP contribution in [0.4, 0.5) is 0 Å². The molecule has 0 amide bonds. The molecule has 0 aliphatic rings. The first-order valence-corrected chi connectivity index (χ1v) is 10.9. The number of rotatable bonds is 6. The highest BCUT2D eigenvalue weighted by molar-refractivity contribution is 6.85. The van der Waals surface area contributed by atoms with E-state index in [2.05, 4.69) is 40.8 Å². The average molecular weight is 248 g/mol. The van der Waals surface area contributed by atoms with Gasteiger partial charge in [0.05, 0.1) is 0 Å². The normalized spacial score (nSPS) is 16.7. The van der Waals surface area contributed by atoms with Crippen LogP contribution in [0.5, 0.6) is 0 Å². The summed E-state index contributed by atoms with van der Waals surface area (Å²) in [7, 11) is -0.915. The summed E-state index contributed by atoms with van der Waals surface area (Å²) in [5.74, 6) is 0. The lowest BCUT2D eigenvalue weighted by atomic mass is 11.3. The minimum absolute atomic E-state index is 0.0398. The Labute approximate surface area is 88.5 Å². The van der Waals surface area contributed by atoms with Crippen LogP contribution in [0.25, 0.3) is 0 Å². The first kappa shape index (κ1) is 13.5. The van der Waals surface area contributed by atoms with Gasteiger partial charge in [0, 0.05) is 0 Å². The molecule has 0 aromatic carbocycles. The number of hydrogen-bond acceptors (Lipinski definition) is 3. The molecule has 0 saturated heterocycles. The Balaban J connectivity index is 4.19. The van der Waals surface area contributed by atoms with Crippen molar-refractivity contribution in [1.82, 2.24) is 0 Å². The quantitative estimate of drug-likeness (QED) is 0.662. The van der Waals surface area contributed by atoms with Crippen molar-refractivity contribution in [3.8, 4) is 0 Å². The molecule has 0 N–H and O–H groups in total. The fourth-order valence-corrected chi connectivity index (χ4v) is 8.09. The van der Waals surface area contributed by atoms with Crippen LogP contribution in [0.2, 0.25) is 26.2 Å². The first-order valence-electron chi connectivity index (χ1n) is 3.92. The second-order valence-corrected chi connectivity index (χ2v) is 13.0. The first-order chi connectivity index (χ1) is 5.83. The van der Waals surface area contributed by atoms with Crippen LogP contribution >= 0.6 is 0 Å². The summed E-state index contributed by atoms with van der Waals surface area (Å²) in [6.45, 7) is 12.1. The maximum absolute atomic E-state index is 5.92. The molecule has 0 aliphatic heterocycles. The van der Waals surface area contributed by atoms with Crippen molar-refractivity contribution in [3.63, 3.8) is 0 Å². The standard InChI is InChI=1S/C6H15O3Si4/c1-6-13(5,8-11-7-10)9-12(2,3)4/h6H,1H2,2-5H3. The number of hydrogen-bond donors (Lipinski definition) is 0. The van der Waals surface area contributed by atoms with Crippen molar-refractivity contribution < 1.29 is 12.3 Å². The monoisotopic (exact) mass is 247 g/mol. The molecule has 0 saturated carbocycles. The van der Waals surface area contributed by atoms with Gasteiger partial charge in [0.2, 0.25) is 10.5 Å². The smallest absolute Gasteiger partial charge is 0.411 e. The van der Waals surface area contributed by atoms with Crippen LogP contribution in [-0.4, -0.2) is 37.4 Å². The molecule has 0 heterocycles. The SMILES string of the molecule is C=C[Si](C)(O[Si]O[Si])O[Si](C)(C)C. The summed E-state index contributed by atoms with van der Waals surface area (Å²) >= 11 is 0. The summed E-state index contributed by atoms with van der Waals surface area (Å²) in [5, 5.41) is 0. The van der Waals surface area contributed by atoms with Gasteiger partial charge in [-0.15, -0.1) is 6.58 Å². The summed E-state index contributed by atoms with van der Waals surface area (Å²) in [6.07, 6.45) is 0. The van der Waals surface area contributed by atoms with E-state index < -0.39 is 16.9 Å². The maximum atomic E-state index is 5.92. The van der Waals surface area contributed by atoms with Gasteiger partial charge in [-0.05, 0) is 26.2 Å². The van der Waals surface area contributed by atoms with E-state index in [1.54, 1.807) is 5.70 Å². The highest BCUT2D eigenvalue weighted by Crippen LogP contribution is 2.15. The highest BCUT2D eigenvalue weighted by Gasteiger charge is 2.33. The third-order valence-electron chi connectivity index (χ3n) is 1.17. The van der Waals surface area contributed by atoms with Gasteiger partial charge in [-0.1, -0.05) is 5.70 Å². The molecule has 1 unspecified atom stereocenters.